The van der Waals surface area contributed by atoms with E-state index in [-0.39, 0.29) is 24.5 Å². The molecule has 0 atom stereocenters. The molecule has 152 valence electrons. The number of hydrogen-bond donors (Lipinski definition) is 2. The van der Waals surface area contributed by atoms with Gasteiger partial charge in [0, 0.05) is 30.3 Å². The zero-order chi connectivity index (χ0) is 21.4. The Morgan fingerprint density at radius 3 is 2.28 bits per heavy atom. The maximum Gasteiger partial charge on any atom is 0.306 e. The fourth-order valence-electron chi connectivity index (χ4n) is 2.68. The minimum atomic E-state index is -0.620. The van der Waals surface area contributed by atoms with Gasteiger partial charge in [-0.25, -0.2) is 0 Å². The topological polar surface area (TPSA) is 102 Å². The Bertz CT molecular complexity index is 937. The molecular formula is C22H24N2O5. The van der Waals surface area contributed by atoms with Crippen molar-refractivity contribution in [2.45, 2.75) is 33.6 Å². The molecule has 0 fully saturated rings. The molecular weight excluding hydrogens is 372 g/mol. The van der Waals surface area contributed by atoms with E-state index < -0.39 is 18.5 Å². The highest BCUT2D eigenvalue weighted by Gasteiger charge is 2.14. The van der Waals surface area contributed by atoms with Gasteiger partial charge in [-0.3, -0.25) is 19.2 Å². The molecule has 2 aromatic rings. The Labute approximate surface area is 169 Å². The van der Waals surface area contributed by atoms with Crippen molar-refractivity contribution in [3.8, 4) is 0 Å². The number of rotatable bonds is 8. The summed E-state index contributed by atoms with van der Waals surface area (Å²) in [5, 5.41) is 5.19. The maximum absolute atomic E-state index is 12.3. The molecule has 0 saturated carbocycles. The number of carbonyl (C=O) groups is 4. The van der Waals surface area contributed by atoms with E-state index in [1.165, 1.54) is 6.92 Å². The fourth-order valence-corrected chi connectivity index (χ4v) is 2.68. The number of ketones is 1. The van der Waals surface area contributed by atoms with Gasteiger partial charge in [-0.2, -0.15) is 0 Å². The highest BCUT2D eigenvalue weighted by Crippen LogP contribution is 2.16. The van der Waals surface area contributed by atoms with Crippen LogP contribution in [0.1, 0.15) is 41.3 Å². The smallest absolute Gasteiger partial charge is 0.306 e. The summed E-state index contributed by atoms with van der Waals surface area (Å²) in [5.74, 6) is -1.50. The number of hydrogen-bond acceptors (Lipinski definition) is 5. The molecule has 2 rings (SSSR count). The number of aryl methyl sites for hydroxylation is 2. The molecule has 2 aromatic carbocycles. The van der Waals surface area contributed by atoms with Gasteiger partial charge in [0.2, 0.25) is 5.91 Å². The number of nitrogens with one attached hydrogen (secondary N) is 2. The molecule has 0 aromatic heterocycles. The Kier molecular flexibility index (Phi) is 7.65. The Morgan fingerprint density at radius 2 is 1.59 bits per heavy atom. The van der Waals surface area contributed by atoms with Crippen molar-refractivity contribution >= 4 is 34.9 Å². The maximum atomic E-state index is 12.3. The van der Waals surface area contributed by atoms with Crippen LogP contribution in [0, 0.1) is 13.8 Å². The van der Waals surface area contributed by atoms with Crippen LogP contribution in [-0.2, 0) is 19.1 Å². The predicted molar refractivity (Wildman–Crippen MR) is 110 cm³/mol. The van der Waals surface area contributed by atoms with E-state index in [1.54, 1.807) is 30.3 Å². The monoisotopic (exact) mass is 396 g/mol. The van der Waals surface area contributed by atoms with Gasteiger partial charge < -0.3 is 15.4 Å². The molecule has 29 heavy (non-hydrogen) atoms. The summed E-state index contributed by atoms with van der Waals surface area (Å²) >= 11 is 0. The van der Waals surface area contributed by atoms with Gasteiger partial charge in [0.15, 0.2) is 12.4 Å². The molecule has 0 spiro atoms. The molecule has 0 radical (unpaired) electrons. The van der Waals surface area contributed by atoms with E-state index >= 15 is 0 Å². The molecule has 7 heteroatoms. The van der Waals surface area contributed by atoms with Crippen LogP contribution in [-0.4, -0.2) is 30.2 Å². The quantitative estimate of drug-likeness (QED) is 0.526. The first kappa shape index (κ1) is 21.8. The minimum absolute atomic E-state index is 0.0174. The Morgan fingerprint density at radius 1 is 0.897 bits per heavy atom. The molecule has 2 N–H and O–H groups in total. The number of Topliss-reactive ketones (excluding diaryl/α,β-unsaturated/α-hetero) is 1. The summed E-state index contributed by atoms with van der Waals surface area (Å²) in [5.41, 5.74) is 3.42. The molecule has 0 aliphatic carbocycles. The van der Waals surface area contributed by atoms with Crippen molar-refractivity contribution in [1.82, 2.24) is 0 Å². The van der Waals surface area contributed by atoms with Crippen molar-refractivity contribution < 1.29 is 23.9 Å². The van der Waals surface area contributed by atoms with Gasteiger partial charge in [0.05, 0.1) is 6.42 Å². The zero-order valence-electron chi connectivity index (χ0n) is 16.7. The molecule has 0 unspecified atom stereocenters. The lowest BCUT2D eigenvalue weighted by molar-refractivity contribution is -0.147. The van der Waals surface area contributed by atoms with Crippen molar-refractivity contribution in [3.05, 3.63) is 59.2 Å². The van der Waals surface area contributed by atoms with Crippen LogP contribution >= 0.6 is 0 Å². The summed E-state index contributed by atoms with van der Waals surface area (Å²) < 4.78 is 4.94. The first-order valence-electron chi connectivity index (χ1n) is 9.18. The van der Waals surface area contributed by atoms with E-state index in [0.717, 1.165) is 11.1 Å². The van der Waals surface area contributed by atoms with Crippen LogP contribution in [0.25, 0.3) is 0 Å². The summed E-state index contributed by atoms with van der Waals surface area (Å²) in [6.45, 7) is 4.67. The average Bonchev–Trinajstić information content (AvgIpc) is 2.66. The van der Waals surface area contributed by atoms with Gasteiger partial charge >= 0.3 is 5.97 Å². The largest absolute Gasteiger partial charge is 0.456 e. The van der Waals surface area contributed by atoms with Crippen molar-refractivity contribution in [2.24, 2.45) is 0 Å². The minimum Gasteiger partial charge on any atom is -0.456 e. The standard InChI is InChI=1S/C22H24N2O5/c1-14-7-8-15(2)19(11-14)20(26)9-10-22(28)29-13-21(27)24-18-6-4-5-17(12-18)23-16(3)25/h4-8,11-12H,9-10,13H2,1-3H3,(H,23,25)(H,24,27). The lowest BCUT2D eigenvalue weighted by atomic mass is 9.99. The van der Waals surface area contributed by atoms with Crippen molar-refractivity contribution in [3.63, 3.8) is 0 Å². The summed E-state index contributed by atoms with van der Waals surface area (Å²) in [4.78, 5) is 47.2. The third-order valence-electron chi connectivity index (χ3n) is 4.08. The second-order valence-electron chi connectivity index (χ2n) is 6.71. The zero-order valence-corrected chi connectivity index (χ0v) is 16.7. The number of ether oxygens (including phenoxy) is 1. The van der Waals surface area contributed by atoms with Crippen LogP contribution in [0.4, 0.5) is 11.4 Å². The normalized spacial score (nSPS) is 10.2. The average molecular weight is 396 g/mol. The van der Waals surface area contributed by atoms with Crippen LogP contribution in [0.15, 0.2) is 42.5 Å². The number of anilines is 2. The highest BCUT2D eigenvalue weighted by molar-refractivity contribution is 5.99. The first-order valence-corrected chi connectivity index (χ1v) is 9.18. The Hall–Kier alpha value is -3.48. The summed E-state index contributed by atoms with van der Waals surface area (Å²) in [7, 11) is 0. The van der Waals surface area contributed by atoms with Crippen LogP contribution < -0.4 is 10.6 Å². The molecule has 0 aliphatic heterocycles. The molecule has 0 aliphatic rings. The third-order valence-corrected chi connectivity index (χ3v) is 4.08. The van der Waals surface area contributed by atoms with E-state index in [0.29, 0.717) is 16.9 Å². The van der Waals surface area contributed by atoms with E-state index in [2.05, 4.69) is 10.6 Å². The predicted octanol–water partition coefficient (Wildman–Crippen LogP) is 3.41. The van der Waals surface area contributed by atoms with Crippen LogP contribution in [0.3, 0.4) is 0 Å². The summed E-state index contributed by atoms with van der Waals surface area (Å²) in [6, 6.07) is 12.2. The van der Waals surface area contributed by atoms with Crippen LogP contribution in [0.2, 0.25) is 0 Å². The Balaban J connectivity index is 1.78. The van der Waals surface area contributed by atoms with E-state index in [4.69, 9.17) is 4.74 Å². The van der Waals surface area contributed by atoms with Gasteiger partial charge in [-0.15, -0.1) is 0 Å². The molecule has 0 bridgehead atoms. The SMILES string of the molecule is CC(=O)Nc1cccc(NC(=O)COC(=O)CCC(=O)c2cc(C)ccc2C)c1. The van der Waals surface area contributed by atoms with Gasteiger partial charge in [0.25, 0.3) is 5.91 Å². The third kappa shape index (κ3) is 7.21. The van der Waals surface area contributed by atoms with Gasteiger partial charge in [0.1, 0.15) is 0 Å². The van der Waals surface area contributed by atoms with Crippen LogP contribution in [0.5, 0.6) is 0 Å². The molecule has 7 nitrogen and oxygen atoms in total. The number of benzene rings is 2. The molecule has 0 saturated heterocycles. The van der Waals surface area contributed by atoms with Crippen molar-refractivity contribution in [2.75, 3.05) is 17.2 Å². The second-order valence-corrected chi connectivity index (χ2v) is 6.71. The second kappa shape index (κ2) is 10.2. The van der Waals surface area contributed by atoms with Gasteiger partial charge in [-0.1, -0.05) is 23.8 Å². The number of carbonyl (C=O) groups excluding carboxylic acids is 4. The van der Waals surface area contributed by atoms with E-state index in [9.17, 15) is 19.2 Å². The summed E-state index contributed by atoms with van der Waals surface area (Å²) in [6.07, 6.45) is -0.0823. The number of amides is 2. The first-order chi connectivity index (χ1) is 13.7. The highest BCUT2D eigenvalue weighted by atomic mass is 16.5. The lowest BCUT2D eigenvalue weighted by Gasteiger charge is -2.09. The number of esters is 1. The lowest BCUT2D eigenvalue weighted by Crippen LogP contribution is -2.21. The molecule has 2 amide bonds. The van der Waals surface area contributed by atoms with E-state index in [1.807, 2.05) is 26.0 Å². The fraction of sp³-hybridized carbons (Fsp3) is 0.273. The molecule has 0 heterocycles. The van der Waals surface area contributed by atoms with Crippen molar-refractivity contribution in [1.29, 1.82) is 0 Å². The van der Waals surface area contributed by atoms with Gasteiger partial charge in [-0.05, 0) is 43.7 Å².